The van der Waals surface area contributed by atoms with Crippen LogP contribution in [0.4, 0.5) is 0 Å². The maximum Gasteiger partial charge on any atom is 0.168 e. The van der Waals surface area contributed by atoms with E-state index in [1.54, 1.807) is 17.1 Å². The van der Waals surface area contributed by atoms with E-state index in [1.165, 1.54) is 0 Å². The van der Waals surface area contributed by atoms with Gasteiger partial charge in [0.2, 0.25) is 0 Å². The summed E-state index contributed by atoms with van der Waals surface area (Å²) in [6, 6.07) is 11.3. The normalized spacial score (nSPS) is 14.5. The minimum Gasteiger partial charge on any atom is -0.490 e. The molecule has 1 aliphatic heterocycles. The van der Waals surface area contributed by atoms with Crippen LogP contribution in [0.5, 0.6) is 5.75 Å². The van der Waals surface area contributed by atoms with Crippen molar-refractivity contribution in [1.82, 2.24) is 30.3 Å². The van der Waals surface area contributed by atoms with E-state index in [1.807, 2.05) is 49.6 Å². The van der Waals surface area contributed by atoms with E-state index < -0.39 is 0 Å². The number of Topliss-reactive ketones (excluding diaryl/α,β-unsaturated/α-hetero) is 1. The van der Waals surface area contributed by atoms with E-state index in [4.69, 9.17) is 4.74 Å². The van der Waals surface area contributed by atoms with Gasteiger partial charge in [0.05, 0.1) is 24.3 Å². The number of nitrogens with zero attached hydrogens (tertiary/aromatic N) is 5. The number of benzene rings is 1. The van der Waals surface area contributed by atoms with Crippen LogP contribution in [-0.4, -0.2) is 49.9 Å². The van der Waals surface area contributed by atoms with Gasteiger partial charge in [0.1, 0.15) is 17.5 Å². The predicted molar refractivity (Wildman–Crippen MR) is 121 cm³/mol. The largest absolute Gasteiger partial charge is 0.490 e. The predicted octanol–water partition coefficient (Wildman–Crippen LogP) is 2.98. The summed E-state index contributed by atoms with van der Waals surface area (Å²) in [6.07, 6.45) is 7.76. The lowest BCUT2D eigenvalue weighted by Crippen LogP contribution is -2.34. The van der Waals surface area contributed by atoms with Gasteiger partial charge in [0.15, 0.2) is 5.78 Å². The first-order chi connectivity index (χ1) is 15.6. The van der Waals surface area contributed by atoms with E-state index in [0.717, 1.165) is 53.8 Å². The lowest BCUT2D eigenvalue weighted by molar-refractivity contribution is 0.0992. The van der Waals surface area contributed by atoms with E-state index in [0.29, 0.717) is 11.3 Å². The smallest absolute Gasteiger partial charge is 0.168 e. The average molecular weight is 428 g/mol. The van der Waals surface area contributed by atoms with Crippen molar-refractivity contribution in [3.8, 4) is 17.0 Å². The molecule has 8 heteroatoms. The summed E-state index contributed by atoms with van der Waals surface area (Å²) in [4.78, 5) is 21.7. The Kier molecular flexibility index (Phi) is 5.60. The molecule has 8 nitrogen and oxygen atoms in total. The highest BCUT2D eigenvalue weighted by Gasteiger charge is 2.15. The van der Waals surface area contributed by atoms with Crippen LogP contribution in [0.3, 0.4) is 0 Å². The van der Waals surface area contributed by atoms with Crippen LogP contribution in [0.2, 0.25) is 0 Å². The number of aromatic nitrogens is 5. The first-order valence-electron chi connectivity index (χ1n) is 10.8. The second-order valence-corrected chi connectivity index (χ2v) is 8.06. The van der Waals surface area contributed by atoms with Gasteiger partial charge < -0.3 is 10.1 Å². The van der Waals surface area contributed by atoms with Gasteiger partial charge in [0, 0.05) is 35.5 Å². The topological polar surface area (TPSA) is 94.8 Å². The molecule has 0 radical (unpaired) electrons. The number of hydrogen-bond acceptors (Lipinski definition) is 7. The first-order valence-corrected chi connectivity index (χ1v) is 10.8. The molecule has 0 amide bonds. The maximum absolute atomic E-state index is 12.8. The highest BCUT2D eigenvalue weighted by atomic mass is 16.5. The molecule has 0 aliphatic carbocycles. The SMILES string of the molecule is Cn1cc(-c2cnc3cnc(CC(=O)c4ccc(OC5CCNCC5)cc4)cc3c2)nn1. The molecular weight excluding hydrogens is 404 g/mol. The van der Waals surface area contributed by atoms with Gasteiger partial charge in [-0.1, -0.05) is 5.21 Å². The van der Waals surface area contributed by atoms with Crippen molar-refractivity contribution in [2.24, 2.45) is 7.05 Å². The molecule has 0 atom stereocenters. The van der Waals surface area contributed by atoms with Crippen LogP contribution in [-0.2, 0) is 13.5 Å². The minimum atomic E-state index is 0.0170. The van der Waals surface area contributed by atoms with Crippen LogP contribution in [0.1, 0.15) is 28.9 Å². The Bertz CT molecular complexity index is 1250. The summed E-state index contributed by atoms with van der Waals surface area (Å²) >= 11 is 0. The molecule has 162 valence electrons. The molecular formula is C24H24N6O2. The number of pyridine rings is 2. The van der Waals surface area contributed by atoms with Crippen molar-refractivity contribution >= 4 is 16.7 Å². The fourth-order valence-corrected chi connectivity index (χ4v) is 3.88. The maximum atomic E-state index is 12.8. The number of rotatable bonds is 6. The number of carbonyl (C=O) groups excluding carboxylic acids is 1. The summed E-state index contributed by atoms with van der Waals surface area (Å²) in [5.41, 5.74) is 3.75. The fourth-order valence-electron chi connectivity index (χ4n) is 3.88. The third kappa shape index (κ3) is 4.50. The number of fused-ring (bicyclic) bond motifs is 1. The molecule has 4 heterocycles. The van der Waals surface area contributed by atoms with Crippen molar-refractivity contribution in [3.63, 3.8) is 0 Å². The third-order valence-corrected chi connectivity index (χ3v) is 5.63. The molecule has 0 unspecified atom stereocenters. The molecule has 1 aromatic carbocycles. The van der Waals surface area contributed by atoms with Crippen LogP contribution < -0.4 is 10.1 Å². The number of carbonyl (C=O) groups is 1. The third-order valence-electron chi connectivity index (χ3n) is 5.63. The molecule has 0 bridgehead atoms. The van der Waals surface area contributed by atoms with Gasteiger partial charge in [-0.15, -0.1) is 5.10 Å². The zero-order chi connectivity index (χ0) is 21.9. The molecule has 0 spiro atoms. The zero-order valence-corrected chi connectivity index (χ0v) is 17.9. The number of piperidine rings is 1. The number of ketones is 1. The van der Waals surface area contributed by atoms with E-state index in [9.17, 15) is 4.79 Å². The second-order valence-electron chi connectivity index (χ2n) is 8.06. The van der Waals surface area contributed by atoms with E-state index in [2.05, 4.69) is 25.6 Å². The fraction of sp³-hybridized carbons (Fsp3) is 0.292. The average Bonchev–Trinajstić information content (AvgIpc) is 3.26. The zero-order valence-electron chi connectivity index (χ0n) is 17.9. The van der Waals surface area contributed by atoms with E-state index >= 15 is 0 Å². The van der Waals surface area contributed by atoms with Crippen molar-refractivity contribution in [2.45, 2.75) is 25.4 Å². The van der Waals surface area contributed by atoms with E-state index in [-0.39, 0.29) is 18.3 Å². The van der Waals surface area contributed by atoms with Crippen molar-refractivity contribution in [2.75, 3.05) is 13.1 Å². The molecule has 1 fully saturated rings. The van der Waals surface area contributed by atoms with Gasteiger partial charge in [-0.05, 0) is 62.3 Å². The van der Waals surface area contributed by atoms with Crippen molar-refractivity contribution < 1.29 is 9.53 Å². The van der Waals surface area contributed by atoms with Crippen LogP contribution in [0, 0.1) is 0 Å². The standard InChI is InChI=1S/C24H24N6O2/c1-30-15-23(28-29-30)18-10-17-11-19(26-14-22(17)27-13-18)12-24(31)16-2-4-20(5-3-16)32-21-6-8-25-9-7-21/h2-5,10-11,13-15,21,25H,6-9,12H2,1H3. The summed E-state index contributed by atoms with van der Waals surface area (Å²) in [6.45, 7) is 1.96. The Balaban J connectivity index is 1.29. The molecule has 32 heavy (non-hydrogen) atoms. The quantitative estimate of drug-likeness (QED) is 0.472. The Labute approximate surface area is 185 Å². The minimum absolute atomic E-state index is 0.0170. The van der Waals surface area contributed by atoms with Crippen LogP contribution in [0.25, 0.3) is 22.2 Å². The number of hydrogen-bond donors (Lipinski definition) is 1. The van der Waals surface area contributed by atoms with Crippen LogP contribution in [0.15, 0.2) is 55.0 Å². The second kappa shape index (κ2) is 8.84. The summed E-state index contributed by atoms with van der Waals surface area (Å²) < 4.78 is 7.68. The van der Waals surface area contributed by atoms with Gasteiger partial charge >= 0.3 is 0 Å². The Morgan fingerprint density at radius 2 is 1.94 bits per heavy atom. The molecule has 1 aliphatic rings. The van der Waals surface area contributed by atoms with Crippen molar-refractivity contribution in [3.05, 3.63) is 66.2 Å². The molecule has 1 N–H and O–H groups in total. The van der Waals surface area contributed by atoms with Crippen LogP contribution >= 0.6 is 0 Å². The lowest BCUT2D eigenvalue weighted by Gasteiger charge is -2.23. The highest BCUT2D eigenvalue weighted by molar-refractivity contribution is 5.97. The Morgan fingerprint density at radius 3 is 2.69 bits per heavy atom. The molecule has 4 aromatic rings. The molecule has 3 aromatic heterocycles. The highest BCUT2D eigenvalue weighted by Crippen LogP contribution is 2.22. The summed E-state index contributed by atoms with van der Waals surface area (Å²) in [7, 11) is 1.82. The number of aryl methyl sites for hydroxylation is 1. The van der Waals surface area contributed by atoms with Gasteiger partial charge in [-0.25, -0.2) is 0 Å². The Hall–Kier alpha value is -3.65. The molecule has 1 saturated heterocycles. The monoisotopic (exact) mass is 428 g/mol. The number of nitrogens with one attached hydrogen (secondary N) is 1. The molecule has 0 saturated carbocycles. The van der Waals surface area contributed by atoms with Gasteiger partial charge in [-0.2, -0.15) is 0 Å². The van der Waals surface area contributed by atoms with Gasteiger partial charge in [-0.3, -0.25) is 19.4 Å². The van der Waals surface area contributed by atoms with Crippen molar-refractivity contribution in [1.29, 1.82) is 0 Å². The summed E-state index contributed by atoms with van der Waals surface area (Å²) in [5, 5.41) is 12.4. The number of ether oxygens (including phenoxy) is 1. The molecule has 5 rings (SSSR count). The van der Waals surface area contributed by atoms with Gasteiger partial charge in [0.25, 0.3) is 0 Å². The summed E-state index contributed by atoms with van der Waals surface area (Å²) in [5.74, 6) is 0.822. The lowest BCUT2D eigenvalue weighted by atomic mass is 10.0. The first kappa shape index (κ1) is 20.3. The Morgan fingerprint density at radius 1 is 1.12 bits per heavy atom.